The summed E-state index contributed by atoms with van der Waals surface area (Å²) in [5, 5.41) is 59.1. The molecule has 0 fully saturated rings. The lowest BCUT2D eigenvalue weighted by molar-refractivity contribution is -0.0198. The molecule has 0 amide bonds. The number of aromatic nitrogens is 9. The minimum absolute atomic E-state index is 0.308. The van der Waals surface area contributed by atoms with Gasteiger partial charge in [0.2, 0.25) is 0 Å². The van der Waals surface area contributed by atoms with Gasteiger partial charge in [-0.15, -0.1) is 15.3 Å². The fourth-order valence-corrected chi connectivity index (χ4v) is 2.48. The van der Waals surface area contributed by atoms with E-state index in [1.807, 2.05) is 0 Å². The Morgan fingerprint density at radius 1 is 0.690 bits per heavy atom. The second-order valence-corrected chi connectivity index (χ2v) is 6.04. The van der Waals surface area contributed by atoms with Crippen LogP contribution in [0.15, 0.2) is 18.6 Å². The fourth-order valence-electron chi connectivity index (χ4n) is 2.48. The molecule has 3 aromatic rings. The highest BCUT2D eigenvalue weighted by Gasteiger charge is 2.32. The lowest BCUT2D eigenvalue weighted by atomic mass is 10.0. The van der Waals surface area contributed by atoms with E-state index in [1.165, 1.54) is 0 Å². The Hall–Kier alpha value is -4.21. The van der Waals surface area contributed by atoms with Gasteiger partial charge in [0, 0.05) is 0 Å². The Bertz CT molecular complexity index is 937. The number of aliphatic hydroxyl groups is 1. The zero-order valence-electron chi connectivity index (χ0n) is 14.4. The third kappa shape index (κ3) is 4.56. The topological polar surface area (TPSA) is 224 Å². The molecule has 0 aliphatic carbocycles. The number of hydrogen-bond donors (Lipinski definition) is 4. The molecule has 16 nitrogen and oxygen atoms in total. The van der Waals surface area contributed by atoms with Crippen molar-refractivity contribution in [2.75, 3.05) is 0 Å². The van der Waals surface area contributed by atoms with Crippen molar-refractivity contribution in [1.82, 2.24) is 45.0 Å². The summed E-state index contributed by atoms with van der Waals surface area (Å²) in [5.74, 6) is -3.95. The Labute approximate surface area is 159 Å². The molecule has 152 valence electrons. The van der Waals surface area contributed by atoms with Gasteiger partial charge in [-0.1, -0.05) is 15.6 Å². The second kappa shape index (κ2) is 7.43. The Kier molecular flexibility index (Phi) is 5.01. The first-order valence-electron chi connectivity index (χ1n) is 7.78. The van der Waals surface area contributed by atoms with Gasteiger partial charge in [-0.2, -0.15) is 0 Å². The van der Waals surface area contributed by atoms with E-state index >= 15 is 0 Å². The SMILES string of the molecule is O=C(O)c1cn(CC(O)(Cn2cc(C(=O)O)nn2)Cn2cc(C(=O)O)nn2)nn1. The largest absolute Gasteiger partial charge is 0.476 e. The minimum Gasteiger partial charge on any atom is -0.476 e. The number of hydrogen-bond acceptors (Lipinski definition) is 10. The van der Waals surface area contributed by atoms with Gasteiger partial charge in [0.1, 0.15) is 5.60 Å². The van der Waals surface area contributed by atoms with Crippen LogP contribution in [-0.2, 0) is 19.6 Å². The number of carboxylic acid groups (broad SMARTS) is 3. The maximum Gasteiger partial charge on any atom is 0.358 e. The zero-order valence-corrected chi connectivity index (χ0v) is 14.4. The van der Waals surface area contributed by atoms with Gasteiger partial charge in [0.05, 0.1) is 38.2 Å². The van der Waals surface area contributed by atoms with Gasteiger partial charge in [-0.3, -0.25) is 0 Å². The summed E-state index contributed by atoms with van der Waals surface area (Å²) in [7, 11) is 0. The summed E-state index contributed by atoms with van der Waals surface area (Å²) in [4.78, 5) is 32.9. The molecule has 0 aliphatic rings. The fraction of sp³-hybridized carbons (Fsp3) is 0.308. The lowest BCUT2D eigenvalue weighted by Gasteiger charge is -2.27. The van der Waals surface area contributed by atoms with Crippen LogP contribution in [0.1, 0.15) is 31.5 Å². The van der Waals surface area contributed by atoms with Gasteiger partial charge >= 0.3 is 17.9 Å². The summed E-state index contributed by atoms with van der Waals surface area (Å²) < 4.78 is 3.19. The first-order chi connectivity index (χ1) is 13.6. The number of carbonyl (C=O) groups is 3. The maximum absolute atomic E-state index is 11.1. The highest BCUT2D eigenvalue weighted by molar-refractivity contribution is 5.85. The molecule has 16 heteroatoms. The summed E-state index contributed by atoms with van der Waals surface area (Å²) >= 11 is 0. The zero-order chi connectivity index (χ0) is 21.2. The number of aromatic carboxylic acids is 3. The smallest absolute Gasteiger partial charge is 0.358 e. The molecule has 4 N–H and O–H groups in total. The molecular weight excluding hydrogens is 394 g/mol. The number of rotatable bonds is 9. The van der Waals surface area contributed by atoms with E-state index in [0.29, 0.717) is 0 Å². The van der Waals surface area contributed by atoms with Crippen LogP contribution in [0.5, 0.6) is 0 Å². The van der Waals surface area contributed by atoms with Crippen molar-refractivity contribution in [3.05, 3.63) is 35.7 Å². The van der Waals surface area contributed by atoms with Crippen molar-refractivity contribution < 1.29 is 34.8 Å². The van der Waals surface area contributed by atoms with Crippen LogP contribution in [-0.4, -0.2) is 88.9 Å². The van der Waals surface area contributed by atoms with Crippen LogP contribution >= 0.6 is 0 Å². The van der Waals surface area contributed by atoms with Crippen molar-refractivity contribution >= 4 is 17.9 Å². The molecule has 0 spiro atoms. The third-order valence-electron chi connectivity index (χ3n) is 3.64. The molecule has 3 heterocycles. The van der Waals surface area contributed by atoms with Crippen LogP contribution in [0.3, 0.4) is 0 Å². The van der Waals surface area contributed by atoms with Crippen LogP contribution in [0.2, 0.25) is 0 Å². The summed E-state index contributed by atoms with van der Waals surface area (Å²) in [6.07, 6.45) is 3.25. The predicted molar refractivity (Wildman–Crippen MR) is 85.9 cm³/mol. The van der Waals surface area contributed by atoms with Crippen LogP contribution in [0.4, 0.5) is 0 Å². The van der Waals surface area contributed by atoms with E-state index in [1.54, 1.807) is 0 Å². The molecule has 0 radical (unpaired) electrons. The van der Waals surface area contributed by atoms with E-state index < -0.39 is 23.5 Å². The Morgan fingerprint density at radius 3 is 1.17 bits per heavy atom. The van der Waals surface area contributed by atoms with E-state index in [4.69, 9.17) is 15.3 Å². The highest BCUT2D eigenvalue weighted by Crippen LogP contribution is 2.15. The van der Waals surface area contributed by atoms with Gasteiger partial charge < -0.3 is 20.4 Å². The molecule has 3 rings (SSSR count). The monoisotopic (exact) mass is 407 g/mol. The van der Waals surface area contributed by atoms with E-state index in [0.717, 1.165) is 32.6 Å². The predicted octanol–water partition coefficient (Wildman–Crippen LogP) is -2.31. The molecule has 0 bridgehead atoms. The van der Waals surface area contributed by atoms with Gasteiger partial charge in [0.25, 0.3) is 0 Å². The van der Waals surface area contributed by atoms with Crippen molar-refractivity contribution in [3.8, 4) is 0 Å². The Morgan fingerprint density at radius 2 is 0.966 bits per heavy atom. The van der Waals surface area contributed by atoms with Crippen LogP contribution < -0.4 is 0 Å². The number of nitrogens with zero attached hydrogens (tertiary/aromatic N) is 9. The minimum atomic E-state index is -1.78. The normalized spacial score (nSPS) is 11.5. The van der Waals surface area contributed by atoms with Crippen LogP contribution in [0.25, 0.3) is 0 Å². The van der Waals surface area contributed by atoms with Crippen molar-refractivity contribution in [3.63, 3.8) is 0 Å². The molecule has 0 saturated heterocycles. The Balaban J connectivity index is 1.88. The molecule has 0 atom stereocenters. The van der Waals surface area contributed by atoms with E-state index in [9.17, 15) is 19.5 Å². The molecule has 0 aliphatic heterocycles. The van der Waals surface area contributed by atoms with E-state index in [-0.39, 0.29) is 36.7 Å². The van der Waals surface area contributed by atoms with Crippen molar-refractivity contribution in [2.45, 2.75) is 25.2 Å². The molecule has 3 aromatic heterocycles. The van der Waals surface area contributed by atoms with Gasteiger partial charge in [-0.05, 0) is 0 Å². The standard InChI is InChI=1S/C13H13N9O7/c23-10(24)7-1-20(17-14-7)4-13(29,5-21-2-8(11(25)26)15-18-21)6-22-3-9(12(27)28)16-19-22/h1-3,29H,4-6H2,(H,23,24)(H,25,26)(H,27,28). The molecule has 29 heavy (non-hydrogen) atoms. The maximum atomic E-state index is 11.1. The van der Waals surface area contributed by atoms with Crippen molar-refractivity contribution in [2.24, 2.45) is 0 Å². The average molecular weight is 407 g/mol. The molecular formula is C13H13N9O7. The van der Waals surface area contributed by atoms with Crippen LogP contribution in [0, 0.1) is 0 Å². The molecule has 0 aromatic carbocycles. The average Bonchev–Trinajstić information content (AvgIpc) is 3.35. The molecule has 0 unspecified atom stereocenters. The second-order valence-electron chi connectivity index (χ2n) is 6.04. The third-order valence-corrected chi connectivity index (χ3v) is 3.64. The van der Waals surface area contributed by atoms with Crippen molar-refractivity contribution in [1.29, 1.82) is 0 Å². The van der Waals surface area contributed by atoms with Gasteiger partial charge in [-0.25, -0.2) is 28.4 Å². The first kappa shape index (κ1) is 19.5. The summed E-state index contributed by atoms with van der Waals surface area (Å²) in [6.45, 7) is -0.923. The first-order valence-corrected chi connectivity index (χ1v) is 7.78. The lowest BCUT2D eigenvalue weighted by Crippen LogP contribution is -2.43. The quantitative estimate of drug-likeness (QED) is 0.293. The van der Waals surface area contributed by atoms with E-state index in [2.05, 4.69) is 30.9 Å². The van der Waals surface area contributed by atoms with Gasteiger partial charge in [0.15, 0.2) is 17.1 Å². The number of carboxylic acids is 3. The summed E-state index contributed by atoms with van der Waals surface area (Å²) in [6, 6.07) is 0. The highest BCUT2D eigenvalue weighted by atomic mass is 16.4. The summed E-state index contributed by atoms with van der Waals surface area (Å²) in [5.41, 5.74) is -2.84. The molecule has 0 saturated carbocycles.